The van der Waals surface area contributed by atoms with Crippen molar-refractivity contribution in [1.29, 1.82) is 0 Å². The Bertz CT molecular complexity index is 292. The highest BCUT2D eigenvalue weighted by Gasteiger charge is 2.27. The van der Waals surface area contributed by atoms with Crippen LogP contribution in [0.3, 0.4) is 0 Å². The van der Waals surface area contributed by atoms with E-state index < -0.39 is 10.0 Å². The topological polar surface area (TPSA) is 49.4 Å². The summed E-state index contributed by atoms with van der Waals surface area (Å²) in [5.74, 6) is 2.73. The van der Waals surface area contributed by atoms with Crippen molar-refractivity contribution in [2.24, 2.45) is 0 Å². The van der Waals surface area contributed by atoms with Crippen LogP contribution in [-0.4, -0.2) is 44.7 Å². The second-order valence-electron chi connectivity index (χ2n) is 2.95. The van der Waals surface area contributed by atoms with E-state index in [1.54, 1.807) is 0 Å². The molecule has 1 saturated heterocycles. The van der Waals surface area contributed by atoms with Gasteiger partial charge in [-0.2, -0.15) is 0 Å². The molecule has 0 amide bonds. The number of sulfonamides is 1. The van der Waals surface area contributed by atoms with Crippen LogP contribution in [0.1, 0.15) is 6.42 Å². The van der Waals surface area contributed by atoms with Gasteiger partial charge in [0.1, 0.15) is 0 Å². The Hall–Kier alpha value is -0.570. The van der Waals surface area contributed by atoms with Crippen LogP contribution in [0.25, 0.3) is 0 Å². The molecule has 0 spiro atoms. The molecule has 13 heavy (non-hydrogen) atoms. The fourth-order valence-corrected chi connectivity index (χ4v) is 2.84. The van der Waals surface area contributed by atoms with E-state index in [-0.39, 0.29) is 0 Å². The van der Waals surface area contributed by atoms with Gasteiger partial charge in [0, 0.05) is 19.6 Å². The maximum absolute atomic E-state index is 11.3. The van der Waals surface area contributed by atoms with Crippen molar-refractivity contribution in [3.05, 3.63) is 0 Å². The van der Waals surface area contributed by atoms with Gasteiger partial charge in [0.2, 0.25) is 10.0 Å². The largest absolute Gasteiger partial charge is 0.305 e. The monoisotopic (exact) mass is 202 g/mol. The Kier molecular flexibility index (Phi) is 3.72. The minimum atomic E-state index is -2.93. The van der Waals surface area contributed by atoms with Crippen molar-refractivity contribution in [3.63, 3.8) is 0 Å². The molecule has 1 aliphatic heterocycles. The average molecular weight is 202 g/mol. The summed E-state index contributed by atoms with van der Waals surface area (Å²) in [7, 11) is -2.93. The summed E-state index contributed by atoms with van der Waals surface area (Å²) < 4.78 is 24.1. The smallest absolute Gasteiger partial charge is 0.214 e. The third-order valence-electron chi connectivity index (χ3n) is 1.97. The number of nitrogens with one attached hydrogen (secondary N) is 1. The number of hydrogen-bond donors (Lipinski definition) is 1. The molecule has 74 valence electrons. The van der Waals surface area contributed by atoms with Crippen molar-refractivity contribution in [3.8, 4) is 12.3 Å². The standard InChI is InChI=1S/C8H14N2O2S/c1-2-4-9-5-7-10-6-3-8-13(10,11)12/h1,9H,3-8H2. The van der Waals surface area contributed by atoms with Gasteiger partial charge in [0.15, 0.2) is 0 Å². The maximum Gasteiger partial charge on any atom is 0.214 e. The molecule has 0 atom stereocenters. The van der Waals surface area contributed by atoms with Gasteiger partial charge in [-0.1, -0.05) is 5.92 Å². The first-order valence-corrected chi connectivity index (χ1v) is 5.90. The highest BCUT2D eigenvalue weighted by Crippen LogP contribution is 2.11. The van der Waals surface area contributed by atoms with Gasteiger partial charge in [-0.3, -0.25) is 0 Å². The predicted molar refractivity (Wildman–Crippen MR) is 51.7 cm³/mol. The molecular formula is C8H14N2O2S. The van der Waals surface area contributed by atoms with E-state index >= 15 is 0 Å². The molecule has 1 heterocycles. The molecule has 1 N–H and O–H groups in total. The molecule has 0 unspecified atom stereocenters. The summed E-state index contributed by atoms with van der Waals surface area (Å²) in [5.41, 5.74) is 0. The first-order chi connectivity index (χ1) is 6.17. The van der Waals surface area contributed by atoms with Crippen LogP contribution in [0.15, 0.2) is 0 Å². The molecule has 1 aliphatic rings. The Labute approximate surface area is 79.4 Å². The molecular weight excluding hydrogens is 188 g/mol. The zero-order valence-electron chi connectivity index (χ0n) is 7.49. The Morgan fingerprint density at radius 1 is 1.54 bits per heavy atom. The molecule has 0 saturated carbocycles. The molecule has 0 bridgehead atoms. The predicted octanol–water partition coefficient (Wildman–Crippen LogP) is -0.755. The lowest BCUT2D eigenvalue weighted by Gasteiger charge is -2.13. The molecule has 4 nitrogen and oxygen atoms in total. The zero-order chi connectivity index (χ0) is 9.73. The highest BCUT2D eigenvalue weighted by molar-refractivity contribution is 7.89. The van der Waals surface area contributed by atoms with Crippen molar-refractivity contribution in [2.45, 2.75) is 6.42 Å². The number of nitrogens with zero attached hydrogens (tertiary/aromatic N) is 1. The fourth-order valence-electron chi connectivity index (χ4n) is 1.31. The van der Waals surface area contributed by atoms with E-state index in [0.29, 0.717) is 31.9 Å². The van der Waals surface area contributed by atoms with Crippen LogP contribution >= 0.6 is 0 Å². The van der Waals surface area contributed by atoms with E-state index in [4.69, 9.17) is 6.42 Å². The molecule has 0 aliphatic carbocycles. The number of rotatable bonds is 4. The van der Waals surface area contributed by atoms with Gasteiger partial charge < -0.3 is 5.32 Å². The van der Waals surface area contributed by atoms with E-state index in [1.165, 1.54) is 4.31 Å². The van der Waals surface area contributed by atoms with Crippen LogP contribution in [0.2, 0.25) is 0 Å². The summed E-state index contributed by atoms with van der Waals surface area (Å²) in [6, 6.07) is 0. The van der Waals surface area contributed by atoms with Crippen LogP contribution in [0, 0.1) is 12.3 Å². The fraction of sp³-hybridized carbons (Fsp3) is 0.750. The van der Waals surface area contributed by atoms with E-state index in [2.05, 4.69) is 11.2 Å². The quantitative estimate of drug-likeness (QED) is 0.482. The first kappa shape index (κ1) is 10.5. The Balaban J connectivity index is 2.26. The van der Waals surface area contributed by atoms with E-state index in [9.17, 15) is 8.42 Å². The lowest BCUT2D eigenvalue weighted by atomic mass is 10.4. The third-order valence-corrected chi connectivity index (χ3v) is 3.92. The Morgan fingerprint density at radius 2 is 2.31 bits per heavy atom. The lowest BCUT2D eigenvalue weighted by molar-refractivity contribution is 0.438. The molecule has 0 aromatic heterocycles. The molecule has 0 aromatic rings. The molecule has 5 heteroatoms. The first-order valence-electron chi connectivity index (χ1n) is 4.29. The molecule has 0 radical (unpaired) electrons. The van der Waals surface area contributed by atoms with Crippen LogP contribution in [0.5, 0.6) is 0 Å². The van der Waals surface area contributed by atoms with Crippen molar-refractivity contribution in [2.75, 3.05) is 31.9 Å². The van der Waals surface area contributed by atoms with Gasteiger partial charge in [-0.15, -0.1) is 6.42 Å². The molecule has 1 rings (SSSR count). The summed E-state index contributed by atoms with van der Waals surface area (Å²) in [4.78, 5) is 0. The summed E-state index contributed by atoms with van der Waals surface area (Å²) in [5, 5.41) is 2.96. The third kappa shape index (κ3) is 2.99. The molecule has 0 aromatic carbocycles. The second kappa shape index (κ2) is 4.61. The van der Waals surface area contributed by atoms with Crippen LogP contribution in [0.4, 0.5) is 0 Å². The van der Waals surface area contributed by atoms with Gasteiger partial charge in [-0.25, -0.2) is 12.7 Å². The second-order valence-corrected chi connectivity index (χ2v) is 5.04. The number of terminal acetylenes is 1. The van der Waals surface area contributed by atoms with E-state index in [0.717, 1.165) is 6.42 Å². The van der Waals surface area contributed by atoms with E-state index in [1.807, 2.05) is 0 Å². The van der Waals surface area contributed by atoms with Crippen LogP contribution in [-0.2, 0) is 10.0 Å². The lowest BCUT2D eigenvalue weighted by Crippen LogP contribution is -2.33. The van der Waals surface area contributed by atoms with Crippen molar-refractivity contribution in [1.82, 2.24) is 9.62 Å². The van der Waals surface area contributed by atoms with Crippen LogP contribution < -0.4 is 5.32 Å². The molecule has 1 fully saturated rings. The van der Waals surface area contributed by atoms with Gasteiger partial charge >= 0.3 is 0 Å². The maximum atomic E-state index is 11.3. The summed E-state index contributed by atoms with van der Waals surface area (Å²) in [6.07, 6.45) is 5.78. The number of hydrogen-bond acceptors (Lipinski definition) is 3. The SMILES string of the molecule is C#CCNCCN1CCCS1(=O)=O. The van der Waals surface area contributed by atoms with Gasteiger partial charge in [-0.05, 0) is 6.42 Å². The van der Waals surface area contributed by atoms with Crippen molar-refractivity contribution < 1.29 is 8.42 Å². The summed E-state index contributed by atoms with van der Waals surface area (Å²) >= 11 is 0. The van der Waals surface area contributed by atoms with Gasteiger partial charge in [0.05, 0.1) is 12.3 Å². The normalized spacial score (nSPS) is 21.5. The minimum Gasteiger partial charge on any atom is -0.305 e. The zero-order valence-corrected chi connectivity index (χ0v) is 8.31. The summed E-state index contributed by atoms with van der Waals surface area (Å²) in [6.45, 7) is 2.31. The van der Waals surface area contributed by atoms with Gasteiger partial charge in [0.25, 0.3) is 0 Å². The average Bonchev–Trinajstić information content (AvgIpc) is 2.40. The Morgan fingerprint density at radius 3 is 2.85 bits per heavy atom. The van der Waals surface area contributed by atoms with Crippen molar-refractivity contribution >= 4 is 10.0 Å². The minimum absolute atomic E-state index is 0.294. The highest BCUT2D eigenvalue weighted by atomic mass is 32.2.